The lowest BCUT2D eigenvalue weighted by atomic mass is 10.2. The maximum atomic E-state index is 13.6. The van der Waals surface area contributed by atoms with Gasteiger partial charge < -0.3 is 19.5 Å². The van der Waals surface area contributed by atoms with E-state index in [1.54, 1.807) is 18.2 Å². The number of esters is 1. The number of anilines is 1. The van der Waals surface area contributed by atoms with Gasteiger partial charge in [-0.25, -0.2) is 13.6 Å². The number of hydrogen-bond acceptors (Lipinski definition) is 5. The maximum absolute atomic E-state index is 13.6. The molecule has 0 aliphatic carbocycles. The van der Waals surface area contributed by atoms with Gasteiger partial charge >= 0.3 is 5.97 Å². The lowest BCUT2D eigenvalue weighted by Gasteiger charge is -2.15. The molecule has 138 valence electrons. The van der Waals surface area contributed by atoms with Gasteiger partial charge in [0, 0.05) is 30.0 Å². The fraction of sp³-hybridized carbons (Fsp3) is 0.222. The van der Waals surface area contributed by atoms with E-state index in [2.05, 4.69) is 5.32 Å². The SMILES string of the molecule is COc1cc(NC(=O)C(C)OC(=O)c2ccc(F)cc2F)cc(OC)c1. The summed E-state index contributed by atoms with van der Waals surface area (Å²) in [6, 6.07) is 7.15. The zero-order valence-electron chi connectivity index (χ0n) is 14.3. The quantitative estimate of drug-likeness (QED) is 0.796. The molecule has 2 rings (SSSR count). The average Bonchev–Trinajstić information content (AvgIpc) is 2.60. The van der Waals surface area contributed by atoms with Gasteiger partial charge in [-0.3, -0.25) is 4.79 Å². The van der Waals surface area contributed by atoms with E-state index in [0.29, 0.717) is 23.3 Å². The number of rotatable bonds is 6. The number of carbonyl (C=O) groups is 2. The van der Waals surface area contributed by atoms with Crippen LogP contribution in [0.1, 0.15) is 17.3 Å². The summed E-state index contributed by atoms with van der Waals surface area (Å²) in [7, 11) is 2.92. The molecule has 0 heterocycles. The van der Waals surface area contributed by atoms with Crippen molar-refractivity contribution in [3.63, 3.8) is 0 Å². The van der Waals surface area contributed by atoms with E-state index < -0.39 is 35.2 Å². The minimum atomic E-state index is -1.22. The molecular formula is C18H17F2NO5. The summed E-state index contributed by atoms with van der Waals surface area (Å²) in [5.74, 6) is -2.70. The topological polar surface area (TPSA) is 73.9 Å². The van der Waals surface area contributed by atoms with Crippen LogP contribution in [-0.4, -0.2) is 32.2 Å². The van der Waals surface area contributed by atoms with Crippen LogP contribution in [0, 0.1) is 11.6 Å². The highest BCUT2D eigenvalue weighted by atomic mass is 19.1. The molecule has 0 saturated heterocycles. The fourth-order valence-corrected chi connectivity index (χ4v) is 2.06. The first-order valence-corrected chi connectivity index (χ1v) is 7.54. The molecule has 1 atom stereocenters. The highest BCUT2D eigenvalue weighted by Gasteiger charge is 2.22. The van der Waals surface area contributed by atoms with Crippen LogP contribution in [0.5, 0.6) is 11.5 Å². The number of benzene rings is 2. The highest BCUT2D eigenvalue weighted by molar-refractivity contribution is 5.97. The lowest BCUT2D eigenvalue weighted by molar-refractivity contribution is -0.123. The Kier molecular flexibility index (Phi) is 6.11. The Balaban J connectivity index is 2.06. The van der Waals surface area contributed by atoms with Crippen LogP contribution in [0.15, 0.2) is 36.4 Å². The molecule has 2 aromatic rings. The fourth-order valence-electron chi connectivity index (χ4n) is 2.06. The third-order valence-corrected chi connectivity index (χ3v) is 3.42. The number of amides is 1. The number of nitrogens with one attached hydrogen (secondary N) is 1. The molecule has 1 amide bonds. The molecule has 26 heavy (non-hydrogen) atoms. The van der Waals surface area contributed by atoms with E-state index in [4.69, 9.17) is 14.2 Å². The number of hydrogen-bond donors (Lipinski definition) is 1. The zero-order chi connectivity index (χ0) is 19.3. The van der Waals surface area contributed by atoms with E-state index >= 15 is 0 Å². The van der Waals surface area contributed by atoms with Crippen molar-refractivity contribution in [2.45, 2.75) is 13.0 Å². The minimum Gasteiger partial charge on any atom is -0.497 e. The van der Waals surface area contributed by atoms with Crippen LogP contribution >= 0.6 is 0 Å². The largest absolute Gasteiger partial charge is 0.497 e. The molecule has 0 radical (unpaired) electrons. The second-order valence-corrected chi connectivity index (χ2v) is 5.26. The Bertz CT molecular complexity index is 803. The van der Waals surface area contributed by atoms with Crippen molar-refractivity contribution < 1.29 is 32.6 Å². The summed E-state index contributed by atoms with van der Waals surface area (Å²) in [6.45, 7) is 1.33. The Morgan fingerprint density at radius 1 is 1.00 bits per heavy atom. The Hall–Kier alpha value is -3.16. The predicted octanol–water partition coefficient (Wildman–Crippen LogP) is 3.17. The first-order chi connectivity index (χ1) is 12.3. The van der Waals surface area contributed by atoms with E-state index in [-0.39, 0.29) is 0 Å². The van der Waals surface area contributed by atoms with Gasteiger partial charge in [0.1, 0.15) is 23.1 Å². The molecule has 0 bridgehead atoms. The Labute approximate surface area is 148 Å². The molecule has 8 heteroatoms. The van der Waals surface area contributed by atoms with Gasteiger partial charge in [0.15, 0.2) is 6.10 Å². The summed E-state index contributed by atoms with van der Waals surface area (Å²) in [4.78, 5) is 24.1. The highest BCUT2D eigenvalue weighted by Crippen LogP contribution is 2.26. The van der Waals surface area contributed by atoms with Crippen molar-refractivity contribution in [3.05, 3.63) is 53.6 Å². The maximum Gasteiger partial charge on any atom is 0.341 e. The van der Waals surface area contributed by atoms with Crippen molar-refractivity contribution in [2.24, 2.45) is 0 Å². The van der Waals surface area contributed by atoms with Gasteiger partial charge in [-0.1, -0.05) is 0 Å². The summed E-state index contributed by atoms with van der Waals surface area (Å²) in [5, 5.41) is 2.54. The average molecular weight is 365 g/mol. The standard InChI is InChI=1S/C18H17F2NO5/c1-10(26-18(23)15-5-4-11(19)6-16(15)20)17(22)21-12-7-13(24-2)9-14(8-12)25-3/h4-10H,1-3H3,(H,21,22). The molecule has 2 aromatic carbocycles. The normalized spacial score (nSPS) is 11.4. The molecule has 0 aliphatic rings. The first kappa shape index (κ1) is 19.2. The van der Waals surface area contributed by atoms with E-state index in [1.807, 2.05) is 0 Å². The smallest absolute Gasteiger partial charge is 0.341 e. The monoisotopic (exact) mass is 365 g/mol. The van der Waals surface area contributed by atoms with Gasteiger partial charge in [0.05, 0.1) is 19.8 Å². The molecule has 0 saturated carbocycles. The predicted molar refractivity (Wildman–Crippen MR) is 89.4 cm³/mol. The second kappa shape index (κ2) is 8.28. The van der Waals surface area contributed by atoms with E-state index in [9.17, 15) is 18.4 Å². The van der Waals surface area contributed by atoms with Gasteiger partial charge in [0.2, 0.25) is 0 Å². The van der Waals surface area contributed by atoms with Crippen LogP contribution in [0.4, 0.5) is 14.5 Å². The molecule has 0 spiro atoms. The van der Waals surface area contributed by atoms with Crippen molar-refractivity contribution in [1.82, 2.24) is 0 Å². The number of halogens is 2. The molecule has 1 N–H and O–H groups in total. The molecule has 6 nitrogen and oxygen atoms in total. The number of methoxy groups -OCH3 is 2. The second-order valence-electron chi connectivity index (χ2n) is 5.26. The van der Waals surface area contributed by atoms with Crippen LogP contribution < -0.4 is 14.8 Å². The van der Waals surface area contributed by atoms with Crippen LogP contribution in [0.2, 0.25) is 0 Å². The van der Waals surface area contributed by atoms with Gasteiger partial charge in [-0.05, 0) is 19.1 Å². The van der Waals surface area contributed by atoms with Crippen LogP contribution in [-0.2, 0) is 9.53 Å². The van der Waals surface area contributed by atoms with E-state index in [0.717, 1.165) is 12.1 Å². The minimum absolute atomic E-state index is 0.363. The zero-order valence-corrected chi connectivity index (χ0v) is 14.3. The number of carbonyl (C=O) groups excluding carboxylic acids is 2. The lowest BCUT2D eigenvalue weighted by Crippen LogP contribution is -2.30. The summed E-state index contributed by atoms with van der Waals surface area (Å²) in [6.07, 6.45) is -1.22. The molecule has 1 unspecified atom stereocenters. The third-order valence-electron chi connectivity index (χ3n) is 3.42. The summed E-state index contributed by atoms with van der Waals surface area (Å²) in [5.41, 5.74) is -0.101. The van der Waals surface area contributed by atoms with Crippen molar-refractivity contribution >= 4 is 17.6 Å². The van der Waals surface area contributed by atoms with Crippen LogP contribution in [0.25, 0.3) is 0 Å². The Morgan fingerprint density at radius 3 is 2.15 bits per heavy atom. The van der Waals surface area contributed by atoms with Crippen LogP contribution in [0.3, 0.4) is 0 Å². The third kappa shape index (κ3) is 4.69. The van der Waals surface area contributed by atoms with Crippen molar-refractivity contribution in [3.8, 4) is 11.5 Å². The Morgan fingerprint density at radius 2 is 1.62 bits per heavy atom. The van der Waals surface area contributed by atoms with E-state index in [1.165, 1.54) is 21.1 Å². The van der Waals surface area contributed by atoms with Gasteiger partial charge in [-0.2, -0.15) is 0 Å². The van der Waals surface area contributed by atoms with Crippen molar-refractivity contribution in [2.75, 3.05) is 19.5 Å². The summed E-state index contributed by atoms with van der Waals surface area (Å²) < 4.78 is 41.6. The molecular weight excluding hydrogens is 348 g/mol. The summed E-state index contributed by atoms with van der Waals surface area (Å²) >= 11 is 0. The van der Waals surface area contributed by atoms with Crippen molar-refractivity contribution in [1.29, 1.82) is 0 Å². The van der Waals surface area contributed by atoms with Gasteiger partial charge in [0.25, 0.3) is 5.91 Å². The number of ether oxygens (including phenoxy) is 3. The molecule has 0 aliphatic heterocycles. The first-order valence-electron chi connectivity index (χ1n) is 7.54. The van der Waals surface area contributed by atoms with Gasteiger partial charge in [-0.15, -0.1) is 0 Å². The molecule has 0 fully saturated rings. The molecule has 0 aromatic heterocycles.